The highest BCUT2D eigenvalue weighted by Gasteiger charge is 2.33. The highest BCUT2D eigenvalue weighted by molar-refractivity contribution is 6.03. The third-order valence-electron chi connectivity index (χ3n) is 4.87. The summed E-state index contributed by atoms with van der Waals surface area (Å²) in [7, 11) is 1.63. The van der Waals surface area contributed by atoms with E-state index >= 15 is 0 Å². The van der Waals surface area contributed by atoms with Crippen molar-refractivity contribution in [2.75, 3.05) is 38.7 Å². The maximum Gasteiger partial charge on any atom is 0.262 e. The lowest BCUT2D eigenvalue weighted by Crippen LogP contribution is -2.49. The Kier molecular flexibility index (Phi) is 4.68. The van der Waals surface area contributed by atoms with Gasteiger partial charge in [-0.3, -0.25) is 9.59 Å². The molecule has 0 spiro atoms. The van der Waals surface area contributed by atoms with E-state index in [1.165, 1.54) is 0 Å². The van der Waals surface area contributed by atoms with Gasteiger partial charge in [-0.1, -0.05) is 24.3 Å². The van der Waals surface area contributed by atoms with Gasteiger partial charge in [0, 0.05) is 25.2 Å². The molecule has 0 aromatic heterocycles. The van der Waals surface area contributed by atoms with Crippen LogP contribution in [-0.4, -0.2) is 50.1 Å². The second-order valence-electron chi connectivity index (χ2n) is 6.48. The van der Waals surface area contributed by atoms with E-state index in [2.05, 4.69) is 10.6 Å². The maximum absolute atomic E-state index is 13.4. The zero-order chi connectivity index (χ0) is 18.8. The molecule has 2 heterocycles. The van der Waals surface area contributed by atoms with Gasteiger partial charge in [-0.25, -0.2) is 0 Å². The van der Waals surface area contributed by atoms with E-state index in [-0.39, 0.29) is 24.5 Å². The van der Waals surface area contributed by atoms with Crippen molar-refractivity contribution in [3.63, 3.8) is 0 Å². The number of amides is 2. The monoisotopic (exact) mass is 367 g/mol. The molecule has 1 fully saturated rings. The second-order valence-corrected chi connectivity index (χ2v) is 6.48. The van der Waals surface area contributed by atoms with Crippen molar-refractivity contribution in [2.24, 2.45) is 0 Å². The normalized spacial score (nSPS) is 18.9. The SMILES string of the molecule is COc1ccccc1C1CNCCN1C(=O)c1cccc2c1OCC(=O)N2. The van der Waals surface area contributed by atoms with Gasteiger partial charge in [-0.05, 0) is 18.2 Å². The number of carbonyl (C=O) groups excluding carboxylic acids is 2. The number of nitrogens with one attached hydrogen (secondary N) is 2. The highest BCUT2D eigenvalue weighted by Crippen LogP contribution is 2.36. The van der Waals surface area contributed by atoms with Crippen LogP contribution in [0.4, 0.5) is 5.69 Å². The van der Waals surface area contributed by atoms with Crippen molar-refractivity contribution >= 4 is 17.5 Å². The van der Waals surface area contributed by atoms with E-state index in [0.717, 1.165) is 11.3 Å². The lowest BCUT2D eigenvalue weighted by Gasteiger charge is -2.37. The van der Waals surface area contributed by atoms with Gasteiger partial charge in [-0.15, -0.1) is 0 Å². The van der Waals surface area contributed by atoms with Crippen LogP contribution in [0.3, 0.4) is 0 Å². The summed E-state index contributed by atoms with van der Waals surface area (Å²) in [5.41, 5.74) is 1.94. The zero-order valence-corrected chi connectivity index (χ0v) is 15.0. The summed E-state index contributed by atoms with van der Waals surface area (Å²) < 4.78 is 11.1. The Labute approximate surface area is 157 Å². The molecule has 0 aliphatic carbocycles. The van der Waals surface area contributed by atoms with Gasteiger partial charge in [0.25, 0.3) is 11.8 Å². The fourth-order valence-electron chi connectivity index (χ4n) is 3.61. The number of rotatable bonds is 3. The standard InChI is InChI=1S/C20H21N3O4/c1-26-17-8-3-2-5-13(17)16-11-21-9-10-23(16)20(25)14-6-4-7-15-19(14)27-12-18(24)22-15/h2-8,16,21H,9-12H2,1H3,(H,22,24). The van der Waals surface area contributed by atoms with E-state index in [1.54, 1.807) is 25.3 Å². The smallest absolute Gasteiger partial charge is 0.262 e. The van der Waals surface area contributed by atoms with Crippen LogP contribution in [0, 0.1) is 0 Å². The highest BCUT2D eigenvalue weighted by atomic mass is 16.5. The third kappa shape index (κ3) is 3.21. The number of hydrogen-bond acceptors (Lipinski definition) is 5. The van der Waals surface area contributed by atoms with Crippen molar-refractivity contribution in [2.45, 2.75) is 6.04 Å². The Bertz CT molecular complexity index is 883. The molecular weight excluding hydrogens is 346 g/mol. The van der Waals surface area contributed by atoms with E-state index in [0.29, 0.717) is 36.6 Å². The van der Waals surface area contributed by atoms with Crippen LogP contribution in [0.15, 0.2) is 42.5 Å². The van der Waals surface area contributed by atoms with Gasteiger partial charge in [0.2, 0.25) is 0 Å². The molecule has 2 aliphatic heterocycles. The first kappa shape index (κ1) is 17.4. The predicted molar refractivity (Wildman–Crippen MR) is 100 cm³/mol. The van der Waals surface area contributed by atoms with E-state index in [9.17, 15) is 9.59 Å². The van der Waals surface area contributed by atoms with Crippen LogP contribution in [0.5, 0.6) is 11.5 Å². The molecule has 0 bridgehead atoms. The first-order valence-electron chi connectivity index (χ1n) is 8.89. The van der Waals surface area contributed by atoms with E-state index < -0.39 is 0 Å². The van der Waals surface area contributed by atoms with Crippen LogP contribution >= 0.6 is 0 Å². The van der Waals surface area contributed by atoms with Gasteiger partial charge in [-0.2, -0.15) is 0 Å². The predicted octanol–water partition coefficient (Wildman–Crippen LogP) is 1.81. The van der Waals surface area contributed by atoms with Crippen molar-refractivity contribution in [3.05, 3.63) is 53.6 Å². The Balaban J connectivity index is 1.70. The van der Waals surface area contributed by atoms with Gasteiger partial charge in [0.05, 0.1) is 24.4 Å². The van der Waals surface area contributed by atoms with Crippen LogP contribution < -0.4 is 20.1 Å². The number of fused-ring (bicyclic) bond motifs is 1. The first-order chi connectivity index (χ1) is 13.2. The minimum absolute atomic E-state index is 0.0885. The molecule has 140 valence electrons. The van der Waals surface area contributed by atoms with Crippen LogP contribution in [-0.2, 0) is 4.79 Å². The van der Waals surface area contributed by atoms with Crippen LogP contribution in [0.25, 0.3) is 0 Å². The summed E-state index contributed by atoms with van der Waals surface area (Å²) >= 11 is 0. The largest absolute Gasteiger partial charge is 0.496 e. The van der Waals surface area contributed by atoms with Crippen molar-refractivity contribution in [1.82, 2.24) is 10.2 Å². The molecule has 1 unspecified atom stereocenters. The summed E-state index contributed by atoms with van der Waals surface area (Å²) in [5.74, 6) is 0.837. The molecule has 2 amide bonds. The summed E-state index contributed by atoms with van der Waals surface area (Å²) in [4.78, 5) is 26.8. The molecule has 2 N–H and O–H groups in total. The third-order valence-corrected chi connectivity index (χ3v) is 4.87. The molecule has 7 nitrogen and oxygen atoms in total. The molecule has 0 saturated carbocycles. The van der Waals surface area contributed by atoms with E-state index in [1.807, 2.05) is 29.2 Å². The number of ether oxygens (including phenoxy) is 2. The topological polar surface area (TPSA) is 79.9 Å². The summed E-state index contributed by atoms with van der Waals surface area (Å²) in [6.45, 7) is 1.83. The second kappa shape index (κ2) is 7.28. The van der Waals surface area contributed by atoms with Crippen molar-refractivity contribution in [1.29, 1.82) is 0 Å². The number of methoxy groups -OCH3 is 1. The fourth-order valence-corrected chi connectivity index (χ4v) is 3.61. The van der Waals surface area contributed by atoms with Crippen LogP contribution in [0.1, 0.15) is 22.0 Å². The number of carbonyl (C=O) groups is 2. The lowest BCUT2D eigenvalue weighted by atomic mass is 10.00. The van der Waals surface area contributed by atoms with Crippen molar-refractivity contribution < 1.29 is 19.1 Å². The average molecular weight is 367 g/mol. The summed E-state index contributed by atoms with van der Waals surface area (Å²) in [6.07, 6.45) is 0. The van der Waals surface area contributed by atoms with Crippen LogP contribution in [0.2, 0.25) is 0 Å². The molecule has 27 heavy (non-hydrogen) atoms. The number of nitrogens with zero attached hydrogens (tertiary/aromatic N) is 1. The molecule has 2 aliphatic rings. The quantitative estimate of drug-likeness (QED) is 0.865. The Morgan fingerprint density at radius 2 is 2.07 bits per heavy atom. The average Bonchev–Trinajstić information content (AvgIpc) is 2.72. The fraction of sp³-hybridized carbons (Fsp3) is 0.300. The molecule has 7 heteroatoms. The number of benzene rings is 2. The number of piperazine rings is 1. The Morgan fingerprint density at radius 1 is 1.22 bits per heavy atom. The Hall–Kier alpha value is -3.06. The first-order valence-corrected chi connectivity index (χ1v) is 8.89. The molecule has 0 radical (unpaired) electrons. The summed E-state index contributed by atoms with van der Waals surface area (Å²) in [5, 5.41) is 6.10. The minimum atomic E-state index is -0.221. The number of anilines is 1. The molecule has 4 rings (SSSR count). The Morgan fingerprint density at radius 3 is 2.93 bits per heavy atom. The zero-order valence-electron chi connectivity index (χ0n) is 15.0. The molecule has 1 saturated heterocycles. The van der Waals surface area contributed by atoms with Gasteiger partial charge < -0.3 is 25.0 Å². The maximum atomic E-state index is 13.4. The van der Waals surface area contributed by atoms with Gasteiger partial charge >= 0.3 is 0 Å². The molecule has 2 aromatic carbocycles. The molecule has 1 atom stereocenters. The van der Waals surface area contributed by atoms with Crippen molar-refractivity contribution in [3.8, 4) is 11.5 Å². The molecular formula is C20H21N3O4. The van der Waals surface area contributed by atoms with E-state index in [4.69, 9.17) is 9.47 Å². The van der Waals surface area contributed by atoms with Gasteiger partial charge in [0.15, 0.2) is 12.4 Å². The number of para-hydroxylation sites is 2. The van der Waals surface area contributed by atoms with Gasteiger partial charge in [0.1, 0.15) is 5.75 Å². The lowest BCUT2D eigenvalue weighted by molar-refractivity contribution is -0.118. The molecule has 2 aromatic rings. The summed E-state index contributed by atoms with van der Waals surface area (Å²) in [6, 6.07) is 12.8. The number of hydrogen-bond donors (Lipinski definition) is 2. The minimum Gasteiger partial charge on any atom is -0.496 e.